The Labute approximate surface area is 58.5 Å². The Kier molecular flexibility index (Phi) is 9.42. The van der Waals surface area contributed by atoms with Gasteiger partial charge in [-0.05, 0) is 6.92 Å². The maximum Gasteiger partial charge on any atom is 0.331 e. The van der Waals surface area contributed by atoms with E-state index in [0.717, 1.165) is 0 Å². The van der Waals surface area contributed by atoms with Crippen LogP contribution in [-0.2, 0) is 26.6 Å². The van der Waals surface area contributed by atoms with Crippen molar-refractivity contribution in [3.05, 3.63) is 0 Å². The van der Waals surface area contributed by atoms with Gasteiger partial charge in [0.25, 0.3) is 0 Å². The molecule has 0 fully saturated rings. The summed E-state index contributed by atoms with van der Waals surface area (Å²) in [4.78, 5) is 9.94. The zero-order valence-electron chi connectivity index (χ0n) is 4.48. The molecule has 1 radical (unpaired) electrons. The van der Waals surface area contributed by atoms with Gasteiger partial charge in [0, 0.05) is 17.1 Å². The molecule has 0 rings (SSSR count). The molecule has 53 valence electrons. The molecule has 0 aromatic rings. The molecule has 8 heavy (non-hydrogen) atoms. The van der Waals surface area contributed by atoms with Crippen LogP contribution < -0.4 is 0 Å². The number of esters is 1. The van der Waals surface area contributed by atoms with Gasteiger partial charge < -0.3 is 9.84 Å². The van der Waals surface area contributed by atoms with E-state index in [1.54, 1.807) is 6.92 Å². The quantitative estimate of drug-likeness (QED) is 0.447. The first kappa shape index (κ1) is 10.8. The molecule has 0 bridgehead atoms. The van der Waals surface area contributed by atoms with Gasteiger partial charge >= 0.3 is 5.97 Å². The van der Waals surface area contributed by atoms with E-state index in [9.17, 15) is 4.79 Å². The van der Waals surface area contributed by atoms with Crippen LogP contribution in [0, 0.1) is 0 Å². The summed E-state index contributed by atoms with van der Waals surface area (Å²) in [5, 5.41) is 7.99. The van der Waals surface area contributed by atoms with Crippen LogP contribution in [-0.4, -0.2) is 24.3 Å². The topological polar surface area (TPSA) is 46.5 Å². The number of rotatable bonds is 2. The van der Waals surface area contributed by atoms with E-state index >= 15 is 0 Å². The number of ether oxygens (including phenoxy) is 1. The molecule has 0 aromatic heterocycles. The SMILES string of the molecule is CCOC(=O)CO.[Cu]. The van der Waals surface area contributed by atoms with Crippen LogP contribution in [0.2, 0.25) is 0 Å². The minimum absolute atomic E-state index is 0. The van der Waals surface area contributed by atoms with E-state index in [4.69, 9.17) is 5.11 Å². The summed E-state index contributed by atoms with van der Waals surface area (Å²) in [6.07, 6.45) is 0. The number of carbonyl (C=O) groups excluding carboxylic acids is 1. The predicted octanol–water partition coefficient (Wildman–Crippen LogP) is -0.461. The van der Waals surface area contributed by atoms with Crippen LogP contribution in [0.3, 0.4) is 0 Å². The van der Waals surface area contributed by atoms with Gasteiger partial charge in [0.2, 0.25) is 0 Å². The third kappa shape index (κ3) is 5.95. The zero-order valence-corrected chi connectivity index (χ0v) is 5.42. The molecule has 3 nitrogen and oxygen atoms in total. The van der Waals surface area contributed by atoms with Crippen molar-refractivity contribution in [1.29, 1.82) is 0 Å². The fourth-order valence-electron chi connectivity index (χ4n) is 0.207. The first-order valence-corrected chi connectivity index (χ1v) is 2.07. The van der Waals surface area contributed by atoms with Crippen molar-refractivity contribution in [2.24, 2.45) is 0 Å². The van der Waals surface area contributed by atoms with Crippen LogP contribution in [0.4, 0.5) is 0 Å². The molecular weight excluding hydrogens is 160 g/mol. The van der Waals surface area contributed by atoms with E-state index in [2.05, 4.69) is 4.74 Å². The summed E-state index contributed by atoms with van der Waals surface area (Å²) >= 11 is 0. The molecule has 0 aliphatic rings. The summed E-state index contributed by atoms with van der Waals surface area (Å²) in [7, 11) is 0. The molecule has 0 aliphatic heterocycles. The van der Waals surface area contributed by atoms with Gasteiger partial charge in [-0.15, -0.1) is 0 Å². The first-order valence-electron chi connectivity index (χ1n) is 2.07. The second-order valence-electron chi connectivity index (χ2n) is 0.963. The Balaban J connectivity index is 0. The molecule has 0 amide bonds. The van der Waals surface area contributed by atoms with Crippen molar-refractivity contribution < 1.29 is 31.7 Å². The summed E-state index contributed by atoms with van der Waals surface area (Å²) in [5.74, 6) is -0.567. The predicted molar refractivity (Wildman–Crippen MR) is 23.7 cm³/mol. The van der Waals surface area contributed by atoms with Gasteiger partial charge in [-0.25, -0.2) is 4.79 Å². The van der Waals surface area contributed by atoms with Gasteiger partial charge in [-0.1, -0.05) is 0 Å². The molecule has 0 heterocycles. The van der Waals surface area contributed by atoms with E-state index in [1.165, 1.54) is 0 Å². The van der Waals surface area contributed by atoms with Gasteiger partial charge in [-0.3, -0.25) is 0 Å². The number of hydrogen-bond acceptors (Lipinski definition) is 3. The van der Waals surface area contributed by atoms with Gasteiger partial charge in [-0.2, -0.15) is 0 Å². The molecule has 1 N–H and O–H groups in total. The molecule has 0 atom stereocenters. The number of carbonyl (C=O) groups is 1. The van der Waals surface area contributed by atoms with Gasteiger partial charge in [0.1, 0.15) is 6.61 Å². The van der Waals surface area contributed by atoms with Crippen molar-refractivity contribution in [1.82, 2.24) is 0 Å². The van der Waals surface area contributed by atoms with Crippen molar-refractivity contribution in [3.8, 4) is 0 Å². The molecule has 4 heteroatoms. The molecular formula is C4H8CuO3. The van der Waals surface area contributed by atoms with Crippen LogP contribution in [0.25, 0.3) is 0 Å². The molecule has 0 aromatic carbocycles. The first-order chi connectivity index (χ1) is 3.31. The van der Waals surface area contributed by atoms with Crippen LogP contribution >= 0.6 is 0 Å². The summed E-state index contributed by atoms with van der Waals surface area (Å²) < 4.78 is 4.30. The van der Waals surface area contributed by atoms with Gasteiger partial charge in [0.05, 0.1) is 6.61 Å². The van der Waals surface area contributed by atoms with Crippen molar-refractivity contribution in [3.63, 3.8) is 0 Å². The standard InChI is InChI=1S/C4H8O3.Cu/c1-2-7-4(6)3-5;/h5H,2-3H2,1H3;. The number of aliphatic hydroxyl groups is 1. The molecule has 0 spiro atoms. The Bertz CT molecular complexity index is 64.3. The number of aliphatic hydroxyl groups excluding tert-OH is 1. The third-order valence-corrected chi connectivity index (χ3v) is 0.434. The van der Waals surface area contributed by atoms with Crippen molar-refractivity contribution in [2.75, 3.05) is 13.2 Å². The average Bonchev–Trinajstić information content (AvgIpc) is 1.68. The van der Waals surface area contributed by atoms with E-state index in [0.29, 0.717) is 6.61 Å². The van der Waals surface area contributed by atoms with E-state index in [-0.39, 0.29) is 17.1 Å². The third-order valence-electron chi connectivity index (χ3n) is 0.434. The average molecular weight is 168 g/mol. The normalized spacial score (nSPS) is 7.25. The van der Waals surface area contributed by atoms with Crippen molar-refractivity contribution in [2.45, 2.75) is 6.92 Å². The maximum absolute atomic E-state index is 9.94. The van der Waals surface area contributed by atoms with Crippen molar-refractivity contribution >= 4 is 5.97 Å². The van der Waals surface area contributed by atoms with E-state index < -0.39 is 12.6 Å². The minimum Gasteiger partial charge on any atom is -0.464 e. The zero-order chi connectivity index (χ0) is 5.70. The molecule has 0 unspecified atom stereocenters. The summed E-state index contributed by atoms with van der Waals surface area (Å²) in [6.45, 7) is 1.50. The molecule has 0 aliphatic carbocycles. The van der Waals surface area contributed by atoms with Gasteiger partial charge in [0.15, 0.2) is 0 Å². The molecule has 0 saturated heterocycles. The second-order valence-corrected chi connectivity index (χ2v) is 0.963. The Morgan fingerprint density at radius 2 is 2.25 bits per heavy atom. The minimum atomic E-state index is -0.567. The Morgan fingerprint density at radius 1 is 1.75 bits per heavy atom. The largest absolute Gasteiger partial charge is 0.464 e. The molecule has 0 saturated carbocycles. The van der Waals surface area contributed by atoms with Crippen LogP contribution in [0.15, 0.2) is 0 Å². The monoisotopic (exact) mass is 167 g/mol. The fraction of sp³-hybridized carbons (Fsp3) is 0.750. The fourth-order valence-corrected chi connectivity index (χ4v) is 0.207. The second kappa shape index (κ2) is 6.95. The Morgan fingerprint density at radius 3 is 2.38 bits per heavy atom. The summed E-state index contributed by atoms with van der Waals surface area (Å²) in [6, 6.07) is 0. The smallest absolute Gasteiger partial charge is 0.331 e. The maximum atomic E-state index is 9.94. The van der Waals surface area contributed by atoms with Crippen LogP contribution in [0.1, 0.15) is 6.92 Å². The van der Waals surface area contributed by atoms with Crippen LogP contribution in [0.5, 0.6) is 0 Å². The van der Waals surface area contributed by atoms with E-state index in [1.807, 2.05) is 0 Å². The summed E-state index contributed by atoms with van der Waals surface area (Å²) in [5.41, 5.74) is 0. The Hall–Kier alpha value is -0.0505. The number of hydrogen-bond donors (Lipinski definition) is 1.